The van der Waals surface area contributed by atoms with E-state index < -0.39 is 0 Å². The summed E-state index contributed by atoms with van der Waals surface area (Å²) in [5, 5.41) is 0. The summed E-state index contributed by atoms with van der Waals surface area (Å²) in [5.74, 6) is 0.287. The van der Waals surface area contributed by atoms with Crippen molar-refractivity contribution in [1.82, 2.24) is 9.80 Å². The largest absolute Gasteiger partial charge is 0.341 e. The fourth-order valence-electron chi connectivity index (χ4n) is 2.32. The molecule has 100 valence electrons. The minimum Gasteiger partial charge on any atom is -0.341 e. The summed E-state index contributed by atoms with van der Waals surface area (Å²) in [6.45, 7) is 7.26. The van der Waals surface area contributed by atoms with Crippen LogP contribution in [-0.2, 0) is 4.79 Å². The van der Waals surface area contributed by atoms with Gasteiger partial charge in [0.2, 0.25) is 5.91 Å². The number of amides is 1. The molecule has 0 saturated carbocycles. The second-order valence-electron chi connectivity index (χ2n) is 5.73. The van der Waals surface area contributed by atoms with E-state index in [1.165, 1.54) is 0 Å². The van der Waals surface area contributed by atoms with E-state index in [2.05, 4.69) is 18.9 Å². The van der Waals surface area contributed by atoms with Crippen molar-refractivity contribution >= 4 is 5.91 Å². The summed E-state index contributed by atoms with van der Waals surface area (Å²) in [7, 11) is 4.04. The second kappa shape index (κ2) is 5.83. The number of carbonyl (C=O) groups is 1. The van der Waals surface area contributed by atoms with Gasteiger partial charge in [-0.1, -0.05) is 13.8 Å². The van der Waals surface area contributed by atoms with Gasteiger partial charge < -0.3 is 15.5 Å². The van der Waals surface area contributed by atoms with Gasteiger partial charge in [-0.3, -0.25) is 4.79 Å². The van der Waals surface area contributed by atoms with Gasteiger partial charge in [-0.2, -0.15) is 0 Å². The van der Waals surface area contributed by atoms with Gasteiger partial charge in [-0.05, 0) is 32.7 Å². The number of likely N-dealkylation sites (tertiary alicyclic amines) is 1. The van der Waals surface area contributed by atoms with Gasteiger partial charge in [0, 0.05) is 25.7 Å². The van der Waals surface area contributed by atoms with Gasteiger partial charge in [-0.25, -0.2) is 0 Å². The highest BCUT2D eigenvalue weighted by Crippen LogP contribution is 2.20. The monoisotopic (exact) mass is 241 g/mol. The van der Waals surface area contributed by atoms with Crippen LogP contribution >= 0.6 is 0 Å². The lowest BCUT2D eigenvalue weighted by Gasteiger charge is -2.40. The van der Waals surface area contributed by atoms with Crippen LogP contribution in [0.1, 0.15) is 33.6 Å². The number of hydrogen-bond donors (Lipinski definition) is 1. The zero-order valence-corrected chi connectivity index (χ0v) is 11.8. The van der Waals surface area contributed by atoms with E-state index in [4.69, 9.17) is 5.73 Å². The first-order valence-corrected chi connectivity index (χ1v) is 6.57. The molecular weight excluding hydrogens is 214 g/mol. The second-order valence-corrected chi connectivity index (χ2v) is 5.73. The van der Waals surface area contributed by atoms with E-state index in [0.29, 0.717) is 12.1 Å². The molecule has 1 rings (SSSR count). The quantitative estimate of drug-likeness (QED) is 0.799. The van der Waals surface area contributed by atoms with Gasteiger partial charge in [-0.15, -0.1) is 0 Å². The van der Waals surface area contributed by atoms with E-state index in [-0.39, 0.29) is 17.9 Å². The summed E-state index contributed by atoms with van der Waals surface area (Å²) < 4.78 is 0. The van der Waals surface area contributed by atoms with Gasteiger partial charge in [0.25, 0.3) is 0 Å². The van der Waals surface area contributed by atoms with Crippen molar-refractivity contribution in [1.29, 1.82) is 0 Å². The van der Waals surface area contributed by atoms with Gasteiger partial charge in [0.1, 0.15) is 0 Å². The maximum atomic E-state index is 12.2. The molecule has 0 aromatic rings. The molecule has 3 atom stereocenters. The minimum atomic E-state index is -0.366. The highest BCUT2D eigenvalue weighted by molar-refractivity contribution is 5.82. The van der Waals surface area contributed by atoms with Crippen LogP contribution in [0.2, 0.25) is 0 Å². The lowest BCUT2D eigenvalue weighted by molar-refractivity contribution is -0.135. The normalized spacial score (nSPS) is 28.2. The maximum Gasteiger partial charge on any atom is 0.239 e. The van der Waals surface area contributed by atoms with E-state index in [1.807, 2.05) is 25.8 Å². The maximum absolute atomic E-state index is 12.2. The Labute approximate surface area is 105 Å². The van der Waals surface area contributed by atoms with Crippen LogP contribution in [0.15, 0.2) is 0 Å². The van der Waals surface area contributed by atoms with Crippen LogP contribution < -0.4 is 5.73 Å². The van der Waals surface area contributed by atoms with Crippen molar-refractivity contribution in [2.75, 3.05) is 20.6 Å². The molecule has 17 heavy (non-hydrogen) atoms. The molecule has 0 radical (unpaired) electrons. The molecule has 1 amide bonds. The van der Waals surface area contributed by atoms with Crippen molar-refractivity contribution in [3.8, 4) is 0 Å². The average Bonchev–Trinajstić information content (AvgIpc) is 2.29. The van der Waals surface area contributed by atoms with Crippen LogP contribution in [0.25, 0.3) is 0 Å². The highest BCUT2D eigenvalue weighted by Gasteiger charge is 2.30. The van der Waals surface area contributed by atoms with Crippen LogP contribution in [0.5, 0.6) is 0 Å². The van der Waals surface area contributed by atoms with Crippen LogP contribution in [0.4, 0.5) is 0 Å². The molecule has 2 N–H and O–H groups in total. The zero-order valence-electron chi connectivity index (χ0n) is 11.8. The number of piperidine rings is 1. The van der Waals surface area contributed by atoms with Crippen LogP contribution in [0.3, 0.4) is 0 Å². The summed E-state index contributed by atoms with van der Waals surface area (Å²) in [6, 6.07) is 0.521. The molecule has 0 aromatic heterocycles. The zero-order chi connectivity index (χ0) is 13.2. The lowest BCUT2D eigenvalue weighted by atomic mass is 9.96. The van der Waals surface area contributed by atoms with Gasteiger partial charge in [0.05, 0.1) is 6.04 Å². The Balaban J connectivity index is 2.58. The summed E-state index contributed by atoms with van der Waals surface area (Å²) in [4.78, 5) is 16.4. The Kier molecular flexibility index (Phi) is 4.95. The third-order valence-electron chi connectivity index (χ3n) is 4.08. The summed E-state index contributed by atoms with van der Waals surface area (Å²) in [6.07, 6.45) is 2.09. The number of rotatable bonds is 3. The molecule has 4 heteroatoms. The van der Waals surface area contributed by atoms with Crippen molar-refractivity contribution in [3.05, 3.63) is 0 Å². The molecule has 0 aliphatic carbocycles. The smallest absolute Gasteiger partial charge is 0.239 e. The van der Waals surface area contributed by atoms with E-state index in [9.17, 15) is 4.79 Å². The first kappa shape index (κ1) is 14.5. The number of likely N-dealkylation sites (N-methyl/N-ethyl adjacent to an activating group) is 1. The molecule has 0 bridgehead atoms. The van der Waals surface area contributed by atoms with E-state index in [0.717, 1.165) is 19.4 Å². The first-order chi connectivity index (χ1) is 7.84. The Morgan fingerprint density at radius 2 is 2.06 bits per heavy atom. The standard InChI is InChI=1S/C13H27N3O/c1-9(2)12(14)13(17)16(5)11-6-7-15(4)10(3)8-11/h9-12H,6-8,14H2,1-5H3/t10-,11-,12-/m0/s1. The molecule has 1 saturated heterocycles. The van der Waals surface area contributed by atoms with Crippen molar-refractivity contribution < 1.29 is 4.79 Å². The van der Waals surface area contributed by atoms with Crippen molar-refractivity contribution in [2.24, 2.45) is 11.7 Å². The fourth-order valence-corrected chi connectivity index (χ4v) is 2.32. The minimum absolute atomic E-state index is 0.0850. The third-order valence-corrected chi connectivity index (χ3v) is 4.08. The van der Waals surface area contributed by atoms with Crippen molar-refractivity contribution in [2.45, 2.75) is 51.7 Å². The summed E-state index contributed by atoms with van der Waals surface area (Å²) in [5.41, 5.74) is 5.93. The Morgan fingerprint density at radius 3 is 2.53 bits per heavy atom. The van der Waals surface area contributed by atoms with Crippen LogP contribution in [0, 0.1) is 5.92 Å². The van der Waals surface area contributed by atoms with E-state index in [1.54, 1.807) is 0 Å². The molecule has 0 unspecified atom stereocenters. The highest BCUT2D eigenvalue weighted by atomic mass is 16.2. The predicted molar refractivity (Wildman–Crippen MR) is 70.7 cm³/mol. The lowest BCUT2D eigenvalue weighted by Crippen LogP contribution is -2.53. The van der Waals surface area contributed by atoms with Crippen molar-refractivity contribution in [3.63, 3.8) is 0 Å². The SMILES string of the molecule is CC(C)[C@H](N)C(=O)N(C)[C@H]1CCN(C)[C@@H](C)C1. The Morgan fingerprint density at radius 1 is 1.47 bits per heavy atom. The van der Waals surface area contributed by atoms with Crippen LogP contribution in [-0.4, -0.2) is 54.5 Å². The number of carbonyl (C=O) groups excluding carboxylic acids is 1. The molecule has 0 spiro atoms. The predicted octanol–water partition coefficient (Wildman–Crippen LogP) is 0.911. The number of nitrogens with zero attached hydrogens (tertiary/aromatic N) is 2. The fraction of sp³-hybridized carbons (Fsp3) is 0.923. The third kappa shape index (κ3) is 3.42. The first-order valence-electron chi connectivity index (χ1n) is 6.57. The summed E-state index contributed by atoms with van der Waals surface area (Å²) >= 11 is 0. The molecule has 1 aliphatic rings. The molecule has 1 fully saturated rings. The molecule has 0 aromatic carbocycles. The van der Waals surface area contributed by atoms with Gasteiger partial charge in [0.15, 0.2) is 0 Å². The topological polar surface area (TPSA) is 49.6 Å². The Hall–Kier alpha value is -0.610. The molecule has 1 heterocycles. The molecule has 4 nitrogen and oxygen atoms in total. The number of nitrogens with two attached hydrogens (primary N) is 1. The average molecular weight is 241 g/mol. The Bertz CT molecular complexity index is 267. The molecule has 1 aliphatic heterocycles. The van der Waals surface area contributed by atoms with Gasteiger partial charge >= 0.3 is 0 Å². The van der Waals surface area contributed by atoms with E-state index >= 15 is 0 Å². The molecular formula is C13H27N3O. The number of hydrogen-bond acceptors (Lipinski definition) is 3.